The summed E-state index contributed by atoms with van der Waals surface area (Å²) < 4.78 is 27.2. The molecule has 0 spiro atoms. The van der Waals surface area contributed by atoms with Crippen molar-refractivity contribution in [1.82, 2.24) is 4.31 Å². The van der Waals surface area contributed by atoms with E-state index >= 15 is 0 Å². The molecule has 1 aromatic rings. The van der Waals surface area contributed by atoms with E-state index in [1.54, 1.807) is 15.8 Å². The van der Waals surface area contributed by atoms with Gasteiger partial charge in [-0.25, -0.2) is 8.42 Å². The topological polar surface area (TPSA) is 57.6 Å². The molecule has 0 saturated carbocycles. The first-order valence-corrected chi connectivity index (χ1v) is 8.54. The van der Waals surface area contributed by atoms with Crippen LogP contribution in [0.4, 0.5) is 0 Å². The Morgan fingerprint density at radius 1 is 1.50 bits per heavy atom. The van der Waals surface area contributed by atoms with Gasteiger partial charge in [0.05, 0.1) is 6.61 Å². The molecule has 2 heterocycles. The van der Waals surface area contributed by atoms with Gasteiger partial charge in [-0.3, -0.25) is 0 Å². The van der Waals surface area contributed by atoms with Crippen LogP contribution in [0, 0.1) is 0 Å². The summed E-state index contributed by atoms with van der Waals surface area (Å²) in [6.45, 7) is 3.88. The number of thiophene rings is 1. The van der Waals surface area contributed by atoms with Gasteiger partial charge in [-0.2, -0.15) is 4.31 Å². The lowest BCUT2D eigenvalue weighted by Crippen LogP contribution is -2.39. The van der Waals surface area contributed by atoms with Gasteiger partial charge in [0.2, 0.25) is 0 Å². The zero-order valence-electron chi connectivity index (χ0n) is 10.7. The van der Waals surface area contributed by atoms with Crippen molar-refractivity contribution in [2.24, 2.45) is 0 Å². The van der Waals surface area contributed by atoms with Gasteiger partial charge in [-0.1, -0.05) is 6.92 Å². The number of hydrogen-bond donors (Lipinski definition) is 1. The molecular weight excluding hydrogens is 270 g/mol. The van der Waals surface area contributed by atoms with Crippen molar-refractivity contribution in [3.05, 3.63) is 17.0 Å². The molecular formula is C12H19NO3S2. The molecule has 1 aromatic heterocycles. The third-order valence-electron chi connectivity index (χ3n) is 3.53. The predicted molar refractivity (Wildman–Crippen MR) is 72.0 cm³/mol. The number of aliphatic hydroxyl groups excluding tert-OH is 1. The zero-order valence-corrected chi connectivity index (χ0v) is 12.3. The van der Waals surface area contributed by atoms with E-state index in [1.165, 1.54) is 11.3 Å². The normalized spacial score (nSPS) is 25.7. The van der Waals surface area contributed by atoms with E-state index in [0.717, 1.165) is 19.3 Å². The van der Waals surface area contributed by atoms with Crippen LogP contribution in [-0.2, 0) is 16.6 Å². The molecule has 2 unspecified atom stereocenters. The quantitative estimate of drug-likeness (QED) is 0.924. The summed E-state index contributed by atoms with van der Waals surface area (Å²) in [6.07, 6.45) is 2.72. The van der Waals surface area contributed by atoms with Gasteiger partial charge in [-0.15, -0.1) is 11.3 Å². The monoisotopic (exact) mass is 289 g/mol. The Kier molecular flexibility index (Phi) is 4.11. The highest BCUT2D eigenvalue weighted by atomic mass is 32.2. The van der Waals surface area contributed by atoms with Crippen LogP contribution >= 0.6 is 11.3 Å². The van der Waals surface area contributed by atoms with E-state index in [9.17, 15) is 8.42 Å². The highest BCUT2D eigenvalue weighted by Crippen LogP contribution is 2.34. The molecule has 2 rings (SSSR count). The molecule has 1 fully saturated rings. The fourth-order valence-electron chi connectivity index (χ4n) is 2.54. The smallest absolute Gasteiger partial charge is 0.253 e. The molecule has 1 saturated heterocycles. The van der Waals surface area contributed by atoms with E-state index in [-0.39, 0.29) is 18.7 Å². The molecule has 6 heteroatoms. The fourth-order valence-corrected chi connectivity index (χ4v) is 5.79. The molecule has 0 radical (unpaired) electrons. The Labute approximate surface area is 112 Å². The molecule has 0 amide bonds. The van der Waals surface area contributed by atoms with Crippen LogP contribution in [0.5, 0.6) is 0 Å². The highest BCUT2D eigenvalue weighted by molar-refractivity contribution is 7.91. The lowest BCUT2D eigenvalue weighted by atomic mass is 10.2. The molecule has 0 aliphatic carbocycles. The summed E-state index contributed by atoms with van der Waals surface area (Å²) >= 11 is 1.19. The lowest BCUT2D eigenvalue weighted by Gasteiger charge is -2.26. The maximum atomic E-state index is 12.6. The second-order valence-electron chi connectivity index (χ2n) is 4.76. The minimum Gasteiger partial charge on any atom is -0.392 e. The van der Waals surface area contributed by atoms with Gasteiger partial charge in [0.1, 0.15) is 4.21 Å². The summed E-state index contributed by atoms with van der Waals surface area (Å²) in [5.41, 5.74) is 0.665. The average Bonchev–Trinajstić information content (AvgIpc) is 2.95. The number of rotatable bonds is 4. The standard InChI is InChI=1S/C12H19NO3S2/c1-3-11-5-4-9(2)13(11)18(15,16)12-6-10(7-14)8-17-12/h6,8-9,11,14H,3-5,7H2,1-2H3. The van der Waals surface area contributed by atoms with Gasteiger partial charge in [0, 0.05) is 12.1 Å². The Hall–Kier alpha value is -0.430. The predicted octanol–water partition coefficient (Wildman–Crippen LogP) is 2.19. The fraction of sp³-hybridized carbons (Fsp3) is 0.667. The van der Waals surface area contributed by atoms with Crippen LogP contribution in [-0.4, -0.2) is 29.9 Å². The SMILES string of the molecule is CCC1CCC(C)N1S(=O)(=O)c1cc(CO)cs1. The largest absolute Gasteiger partial charge is 0.392 e. The Balaban J connectivity index is 2.35. The second kappa shape index (κ2) is 5.28. The van der Waals surface area contributed by atoms with Gasteiger partial charge in [0.15, 0.2) is 0 Å². The highest BCUT2D eigenvalue weighted by Gasteiger charge is 2.39. The molecule has 2 atom stereocenters. The summed E-state index contributed by atoms with van der Waals surface area (Å²) in [4.78, 5) is 0. The van der Waals surface area contributed by atoms with Crippen molar-refractivity contribution in [3.63, 3.8) is 0 Å². The van der Waals surface area contributed by atoms with Crippen LogP contribution in [0.15, 0.2) is 15.7 Å². The van der Waals surface area contributed by atoms with E-state index in [4.69, 9.17) is 5.11 Å². The molecule has 1 N–H and O–H groups in total. The van der Waals surface area contributed by atoms with Gasteiger partial charge >= 0.3 is 0 Å². The summed E-state index contributed by atoms with van der Waals surface area (Å²) in [6, 6.07) is 1.77. The van der Waals surface area contributed by atoms with E-state index in [0.29, 0.717) is 9.77 Å². The lowest BCUT2D eigenvalue weighted by molar-refractivity contribution is 0.282. The van der Waals surface area contributed by atoms with Crippen molar-refractivity contribution < 1.29 is 13.5 Å². The van der Waals surface area contributed by atoms with Crippen molar-refractivity contribution in [2.45, 2.75) is 56.0 Å². The zero-order chi connectivity index (χ0) is 13.3. The second-order valence-corrected chi connectivity index (χ2v) is 7.74. The molecule has 4 nitrogen and oxygen atoms in total. The van der Waals surface area contributed by atoms with Crippen LogP contribution in [0.1, 0.15) is 38.7 Å². The summed E-state index contributed by atoms with van der Waals surface area (Å²) in [5, 5.41) is 10.7. The van der Waals surface area contributed by atoms with Crippen molar-refractivity contribution in [1.29, 1.82) is 0 Å². The first kappa shape index (κ1) is 14.0. The molecule has 0 bridgehead atoms. The Morgan fingerprint density at radius 2 is 2.22 bits per heavy atom. The van der Waals surface area contributed by atoms with Crippen molar-refractivity contribution >= 4 is 21.4 Å². The van der Waals surface area contributed by atoms with E-state index in [2.05, 4.69) is 0 Å². The van der Waals surface area contributed by atoms with Crippen LogP contribution in [0.3, 0.4) is 0 Å². The van der Waals surface area contributed by atoms with Gasteiger partial charge < -0.3 is 5.11 Å². The maximum Gasteiger partial charge on any atom is 0.253 e. The minimum absolute atomic E-state index is 0.0691. The minimum atomic E-state index is -3.40. The molecule has 1 aliphatic rings. The molecule has 0 aromatic carbocycles. The summed E-state index contributed by atoms with van der Waals surface area (Å²) in [5.74, 6) is 0. The number of aliphatic hydroxyl groups is 1. The Bertz CT molecular complexity index is 509. The van der Waals surface area contributed by atoms with Crippen LogP contribution in [0.2, 0.25) is 0 Å². The van der Waals surface area contributed by atoms with Crippen molar-refractivity contribution in [3.8, 4) is 0 Å². The summed E-state index contributed by atoms with van der Waals surface area (Å²) in [7, 11) is -3.40. The van der Waals surface area contributed by atoms with Gasteiger partial charge in [-0.05, 0) is 43.2 Å². The van der Waals surface area contributed by atoms with Gasteiger partial charge in [0.25, 0.3) is 10.0 Å². The maximum absolute atomic E-state index is 12.6. The molecule has 1 aliphatic heterocycles. The van der Waals surface area contributed by atoms with E-state index < -0.39 is 10.0 Å². The van der Waals surface area contributed by atoms with Crippen LogP contribution < -0.4 is 0 Å². The first-order chi connectivity index (χ1) is 8.50. The average molecular weight is 289 g/mol. The number of sulfonamides is 1. The molecule has 18 heavy (non-hydrogen) atoms. The number of nitrogens with zero attached hydrogens (tertiary/aromatic N) is 1. The van der Waals surface area contributed by atoms with Crippen LogP contribution in [0.25, 0.3) is 0 Å². The van der Waals surface area contributed by atoms with E-state index in [1.807, 2.05) is 13.8 Å². The first-order valence-electron chi connectivity index (χ1n) is 6.22. The third kappa shape index (κ3) is 2.34. The third-order valence-corrected chi connectivity index (χ3v) is 7.06. The van der Waals surface area contributed by atoms with Crippen molar-refractivity contribution in [2.75, 3.05) is 0 Å². The number of hydrogen-bond acceptors (Lipinski definition) is 4. The molecule has 102 valence electrons. The Morgan fingerprint density at radius 3 is 2.78 bits per heavy atom.